The first-order valence-electron chi connectivity index (χ1n) is 23.1. The molecule has 12 aromatic rings. The van der Waals surface area contributed by atoms with Gasteiger partial charge in [-0.15, -0.1) is 0 Å². The van der Waals surface area contributed by atoms with E-state index in [4.69, 9.17) is 4.42 Å². The summed E-state index contributed by atoms with van der Waals surface area (Å²) in [7, 11) is 0. The van der Waals surface area contributed by atoms with Crippen LogP contribution in [0.2, 0.25) is 0 Å². The average molecular weight is 854 g/mol. The van der Waals surface area contributed by atoms with Gasteiger partial charge >= 0.3 is 0 Å². The SMILES string of the molecule is c1ccc(C2(c3ccccc3)c3ccccc3-c3ccc(N(c4ccc(-c5cccc6c5oc5ccccc56)cc4)c4ccccc4-c4cccc(-c5cccc6ccccc56)c4)cc32)cc1. The Bertz CT molecular complexity index is 3760. The van der Waals surface area contributed by atoms with Crippen molar-refractivity contribution in [2.24, 2.45) is 0 Å². The normalized spacial score (nSPS) is 12.6. The van der Waals surface area contributed by atoms with E-state index in [9.17, 15) is 0 Å². The van der Waals surface area contributed by atoms with E-state index >= 15 is 0 Å². The molecule has 0 saturated carbocycles. The minimum Gasteiger partial charge on any atom is -0.455 e. The number of rotatable bonds is 8. The van der Waals surface area contributed by atoms with E-state index in [0.29, 0.717) is 0 Å². The quantitative estimate of drug-likeness (QED) is 0.151. The van der Waals surface area contributed by atoms with Crippen molar-refractivity contribution in [3.05, 3.63) is 283 Å². The first-order chi connectivity index (χ1) is 33.2. The number of fused-ring (bicyclic) bond motifs is 7. The summed E-state index contributed by atoms with van der Waals surface area (Å²) in [5.41, 5.74) is 18.9. The molecule has 0 atom stereocenters. The van der Waals surface area contributed by atoms with Crippen LogP contribution in [0.5, 0.6) is 0 Å². The fourth-order valence-corrected chi connectivity index (χ4v) is 11.0. The first kappa shape index (κ1) is 38.7. The number of anilines is 3. The second-order valence-electron chi connectivity index (χ2n) is 17.5. The van der Waals surface area contributed by atoms with Crippen LogP contribution in [0.3, 0.4) is 0 Å². The summed E-state index contributed by atoms with van der Waals surface area (Å²) in [4.78, 5) is 2.45. The van der Waals surface area contributed by atoms with Gasteiger partial charge in [-0.25, -0.2) is 0 Å². The molecule has 0 spiro atoms. The molecule has 0 N–H and O–H groups in total. The lowest BCUT2D eigenvalue weighted by atomic mass is 9.67. The summed E-state index contributed by atoms with van der Waals surface area (Å²) in [6.45, 7) is 0. The van der Waals surface area contributed by atoms with Crippen molar-refractivity contribution in [3.8, 4) is 44.5 Å². The van der Waals surface area contributed by atoms with Crippen LogP contribution >= 0.6 is 0 Å². The average Bonchev–Trinajstić information content (AvgIpc) is 3.93. The highest BCUT2D eigenvalue weighted by Gasteiger charge is 2.46. The smallest absolute Gasteiger partial charge is 0.143 e. The predicted molar refractivity (Wildman–Crippen MR) is 280 cm³/mol. The van der Waals surface area contributed by atoms with Gasteiger partial charge in [0, 0.05) is 33.3 Å². The Labute approximate surface area is 390 Å². The fourth-order valence-electron chi connectivity index (χ4n) is 11.0. The van der Waals surface area contributed by atoms with Crippen molar-refractivity contribution in [2.75, 3.05) is 4.90 Å². The third-order valence-corrected chi connectivity index (χ3v) is 14.0. The van der Waals surface area contributed by atoms with Gasteiger partial charge < -0.3 is 9.32 Å². The molecule has 11 aromatic carbocycles. The summed E-state index contributed by atoms with van der Waals surface area (Å²) in [6, 6.07) is 95.1. The topological polar surface area (TPSA) is 16.4 Å². The minimum absolute atomic E-state index is 0.544. The summed E-state index contributed by atoms with van der Waals surface area (Å²) < 4.78 is 6.54. The van der Waals surface area contributed by atoms with Gasteiger partial charge in [-0.1, -0.05) is 218 Å². The number of hydrogen-bond donors (Lipinski definition) is 0. The van der Waals surface area contributed by atoms with Crippen molar-refractivity contribution in [2.45, 2.75) is 5.41 Å². The molecule has 314 valence electrons. The Hall–Kier alpha value is -8.72. The van der Waals surface area contributed by atoms with Crippen LogP contribution in [0.25, 0.3) is 77.2 Å². The molecule has 0 fully saturated rings. The standard InChI is InChI=1S/C65H43NO/c1-3-22-48(23-4-1)65(49-24-5-2-6-25-49)60-33-12-9-28-56(60)57-41-40-51(43-61(57)65)66(50-38-36-45(37-39-50)55-31-17-32-59-58-29-11-14-35-63(58)67-64(55)59)62-34-13-10-27-54(62)47-21-15-20-46(42-47)53-30-16-19-44-18-7-8-26-52(44)53/h1-43H. The molecule has 1 heterocycles. The molecular weight excluding hydrogens is 811 g/mol. The molecule has 0 saturated heterocycles. The molecule has 0 amide bonds. The van der Waals surface area contributed by atoms with Gasteiger partial charge in [-0.3, -0.25) is 0 Å². The summed E-state index contributed by atoms with van der Waals surface area (Å²) in [6.07, 6.45) is 0. The summed E-state index contributed by atoms with van der Waals surface area (Å²) in [5.74, 6) is 0. The Morgan fingerprint density at radius 2 is 0.866 bits per heavy atom. The van der Waals surface area contributed by atoms with Crippen LogP contribution in [-0.4, -0.2) is 0 Å². The molecule has 1 aromatic heterocycles. The molecule has 0 radical (unpaired) electrons. The van der Waals surface area contributed by atoms with Crippen LogP contribution < -0.4 is 4.90 Å². The lowest BCUT2D eigenvalue weighted by Crippen LogP contribution is -2.28. The van der Waals surface area contributed by atoms with Gasteiger partial charge in [-0.05, 0) is 109 Å². The van der Waals surface area contributed by atoms with Crippen molar-refractivity contribution >= 4 is 49.8 Å². The van der Waals surface area contributed by atoms with Crippen molar-refractivity contribution in [3.63, 3.8) is 0 Å². The van der Waals surface area contributed by atoms with E-state index in [0.717, 1.165) is 61.3 Å². The zero-order chi connectivity index (χ0) is 44.3. The van der Waals surface area contributed by atoms with Gasteiger partial charge in [-0.2, -0.15) is 0 Å². The lowest BCUT2D eigenvalue weighted by Gasteiger charge is -2.35. The maximum Gasteiger partial charge on any atom is 0.143 e. The fraction of sp³-hybridized carbons (Fsp3) is 0.0154. The van der Waals surface area contributed by atoms with E-state index in [1.165, 1.54) is 55.3 Å². The lowest BCUT2D eigenvalue weighted by molar-refractivity contribution is 0.670. The second kappa shape index (κ2) is 15.8. The molecule has 0 aliphatic heterocycles. The highest BCUT2D eigenvalue weighted by atomic mass is 16.3. The monoisotopic (exact) mass is 853 g/mol. The van der Waals surface area contributed by atoms with E-state index < -0.39 is 5.41 Å². The van der Waals surface area contributed by atoms with Crippen LogP contribution in [0.4, 0.5) is 17.1 Å². The van der Waals surface area contributed by atoms with E-state index in [2.05, 4.69) is 260 Å². The van der Waals surface area contributed by atoms with Crippen LogP contribution in [0, 0.1) is 0 Å². The van der Waals surface area contributed by atoms with E-state index in [-0.39, 0.29) is 0 Å². The summed E-state index contributed by atoms with van der Waals surface area (Å²) >= 11 is 0. The molecule has 67 heavy (non-hydrogen) atoms. The molecule has 2 heteroatoms. The van der Waals surface area contributed by atoms with Gasteiger partial charge in [0.1, 0.15) is 11.2 Å². The highest BCUT2D eigenvalue weighted by molar-refractivity contribution is 6.09. The Kier molecular flexibility index (Phi) is 9.11. The molecular formula is C65H43NO. The molecule has 0 bridgehead atoms. The number of hydrogen-bond acceptors (Lipinski definition) is 2. The highest BCUT2D eigenvalue weighted by Crippen LogP contribution is 2.57. The maximum absolute atomic E-state index is 6.54. The third-order valence-electron chi connectivity index (χ3n) is 14.0. The Balaban J connectivity index is 1.03. The van der Waals surface area contributed by atoms with Crippen LogP contribution in [-0.2, 0) is 5.41 Å². The summed E-state index contributed by atoms with van der Waals surface area (Å²) in [5, 5.41) is 4.73. The molecule has 0 unspecified atom stereocenters. The number of para-hydroxylation sites is 3. The molecule has 2 nitrogen and oxygen atoms in total. The largest absolute Gasteiger partial charge is 0.455 e. The number of nitrogens with zero attached hydrogens (tertiary/aromatic N) is 1. The van der Waals surface area contributed by atoms with Gasteiger partial charge in [0.15, 0.2) is 0 Å². The number of benzene rings is 11. The van der Waals surface area contributed by atoms with Crippen molar-refractivity contribution in [1.82, 2.24) is 0 Å². The van der Waals surface area contributed by atoms with E-state index in [1.807, 2.05) is 6.07 Å². The second-order valence-corrected chi connectivity index (χ2v) is 17.5. The molecule has 13 rings (SSSR count). The zero-order valence-electron chi connectivity index (χ0n) is 36.7. The Morgan fingerprint density at radius 3 is 1.67 bits per heavy atom. The first-order valence-corrected chi connectivity index (χ1v) is 23.1. The van der Waals surface area contributed by atoms with Gasteiger partial charge in [0.05, 0.1) is 11.1 Å². The Morgan fingerprint density at radius 1 is 0.313 bits per heavy atom. The number of furan rings is 1. The van der Waals surface area contributed by atoms with Gasteiger partial charge in [0.2, 0.25) is 0 Å². The predicted octanol–water partition coefficient (Wildman–Crippen LogP) is 17.6. The molecule has 1 aliphatic carbocycles. The van der Waals surface area contributed by atoms with Crippen LogP contribution in [0.1, 0.15) is 22.3 Å². The van der Waals surface area contributed by atoms with Crippen molar-refractivity contribution in [1.29, 1.82) is 0 Å². The zero-order valence-corrected chi connectivity index (χ0v) is 36.7. The van der Waals surface area contributed by atoms with Gasteiger partial charge in [0.25, 0.3) is 0 Å². The minimum atomic E-state index is -0.544. The van der Waals surface area contributed by atoms with Crippen molar-refractivity contribution < 1.29 is 4.42 Å². The molecule has 1 aliphatic rings. The van der Waals surface area contributed by atoms with Crippen LogP contribution in [0.15, 0.2) is 265 Å². The maximum atomic E-state index is 6.54. The van der Waals surface area contributed by atoms with E-state index in [1.54, 1.807) is 0 Å². The third kappa shape index (κ3) is 6.18.